The van der Waals surface area contributed by atoms with Crippen LogP contribution >= 0.6 is 0 Å². The Morgan fingerprint density at radius 2 is 1.07 bits per heavy atom. The predicted octanol–water partition coefficient (Wildman–Crippen LogP) is 7.05. The third-order valence-electron chi connectivity index (χ3n) is 4.91. The Hall–Kier alpha value is -2.80. The molecule has 3 aromatic rings. The Balaban J connectivity index is 0.000000223. The summed E-state index contributed by atoms with van der Waals surface area (Å²) >= 11 is 0. The minimum Gasteiger partial charge on any atom is -0.508 e. The molecule has 0 saturated carbocycles. The second kappa shape index (κ2) is 8.73. The standard InChI is InChI=1S/C16H18O.C10H12/c1-12-4-6-13(7-5-12)16(2,3)14-8-10-15(17)11-9-14;1-8(2)10-6-4-9(3)5-7-10/h4-11,17H,1-3H3;4-7H,1H2,2-3H3. The first-order chi connectivity index (χ1) is 12.7. The average molecular weight is 359 g/mol. The minimum atomic E-state index is -0.0403. The van der Waals surface area contributed by atoms with Crippen molar-refractivity contribution >= 4 is 5.57 Å². The molecule has 0 aliphatic rings. The first-order valence-corrected chi connectivity index (χ1v) is 9.29. The van der Waals surface area contributed by atoms with E-state index in [-0.39, 0.29) is 5.41 Å². The molecule has 0 aromatic heterocycles. The van der Waals surface area contributed by atoms with Gasteiger partial charge >= 0.3 is 0 Å². The lowest BCUT2D eigenvalue weighted by Gasteiger charge is -2.26. The molecule has 0 amide bonds. The molecule has 27 heavy (non-hydrogen) atoms. The summed E-state index contributed by atoms with van der Waals surface area (Å²) in [7, 11) is 0. The fraction of sp³-hybridized carbons (Fsp3) is 0.231. The molecule has 1 nitrogen and oxygen atoms in total. The van der Waals surface area contributed by atoms with Crippen LogP contribution in [0.25, 0.3) is 5.57 Å². The molecule has 140 valence electrons. The molecule has 0 atom stereocenters. The van der Waals surface area contributed by atoms with Gasteiger partial charge in [-0.1, -0.05) is 97.8 Å². The molecule has 0 heterocycles. The molecule has 3 aromatic carbocycles. The van der Waals surface area contributed by atoms with E-state index in [1.807, 2.05) is 19.1 Å². The molecule has 0 spiro atoms. The Morgan fingerprint density at radius 3 is 1.48 bits per heavy atom. The number of benzene rings is 3. The third-order valence-corrected chi connectivity index (χ3v) is 4.91. The molecule has 0 radical (unpaired) electrons. The average Bonchev–Trinajstić information content (AvgIpc) is 2.63. The van der Waals surface area contributed by atoms with E-state index in [9.17, 15) is 5.11 Å². The molecule has 0 fully saturated rings. The maximum Gasteiger partial charge on any atom is 0.115 e. The van der Waals surface area contributed by atoms with E-state index in [2.05, 4.69) is 82.8 Å². The van der Waals surface area contributed by atoms with Crippen molar-refractivity contribution in [3.63, 3.8) is 0 Å². The van der Waals surface area contributed by atoms with Crippen molar-refractivity contribution in [1.82, 2.24) is 0 Å². The Morgan fingerprint density at radius 1 is 0.704 bits per heavy atom. The van der Waals surface area contributed by atoms with Crippen LogP contribution in [0.4, 0.5) is 0 Å². The van der Waals surface area contributed by atoms with Crippen LogP contribution in [0, 0.1) is 13.8 Å². The van der Waals surface area contributed by atoms with Gasteiger partial charge in [0.15, 0.2) is 0 Å². The number of phenols is 1. The summed E-state index contributed by atoms with van der Waals surface area (Å²) in [5, 5.41) is 9.33. The van der Waals surface area contributed by atoms with Crippen molar-refractivity contribution in [1.29, 1.82) is 0 Å². The van der Waals surface area contributed by atoms with Gasteiger partial charge in [-0.05, 0) is 49.6 Å². The molecular weight excluding hydrogens is 328 g/mol. The first kappa shape index (κ1) is 20.5. The van der Waals surface area contributed by atoms with Gasteiger partial charge in [-0.2, -0.15) is 0 Å². The van der Waals surface area contributed by atoms with Gasteiger partial charge < -0.3 is 5.11 Å². The molecule has 1 N–H and O–H groups in total. The molecule has 0 unspecified atom stereocenters. The van der Waals surface area contributed by atoms with Gasteiger partial charge in [0.2, 0.25) is 0 Å². The highest BCUT2D eigenvalue weighted by atomic mass is 16.3. The summed E-state index contributed by atoms with van der Waals surface area (Å²) in [6.07, 6.45) is 0. The summed E-state index contributed by atoms with van der Waals surface area (Å²) in [6.45, 7) is 14.5. The van der Waals surface area contributed by atoms with Crippen LogP contribution in [0.15, 0.2) is 79.4 Å². The lowest BCUT2D eigenvalue weighted by atomic mass is 9.78. The fourth-order valence-corrected chi connectivity index (χ4v) is 2.85. The van der Waals surface area contributed by atoms with Crippen LogP contribution in [0.2, 0.25) is 0 Å². The van der Waals surface area contributed by atoms with Gasteiger partial charge in [-0.3, -0.25) is 0 Å². The molecular formula is C26H30O. The monoisotopic (exact) mass is 358 g/mol. The van der Waals surface area contributed by atoms with E-state index in [4.69, 9.17) is 0 Å². The summed E-state index contributed by atoms with van der Waals surface area (Å²) in [5.41, 5.74) is 7.38. The highest BCUT2D eigenvalue weighted by Gasteiger charge is 2.22. The molecule has 0 aliphatic heterocycles. The molecule has 3 rings (SSSR count). The fourth-order valence-electron chi connectivity index (χ4n) is 2.85. The third kappa shape index (κ3) is 5.59. The van der Waals surface area contributed by atoms with Gasteiger partial charge in [0.05, 0.1) is 0 Å². The van der Waals surface area contributed by atoms with E-state index in [0.29, 0.717) is 5.75 Å². The van der Waals surface area contributed by atoms with E-state index in [1.54, 1.807) is 12.1 Å². The van der Waals surface area contributed by atoms with Crippen molar-refractivity contribution in [2.75, 3.05) is 0 Å². The molecule has 0 saturated heterocycles. The summed E-state index contributed by atoms with van der Waals surface area (Å²) < 4.78 is 0. The summed E-state index contributed by atoms with van der Waals surface area (Å²) in [6, 6.07) is 24.4. The lowest BCUT2D eigenvalue weighted by molar-refractivity contribution is 0.474. The first-order valence-electron chi connectivity index (χ1n) is 9.29. The number of hydrogen-bond acceptors (Lipinski definition) is 1. The second-order valence-electron chi connectivity index (χ2n) is 7.68. The zero-order chi connectivity index (χ0) is 20.0. The van der Waals surface area contributed by atoms with Crippen molar-refractivity contribution in [2.24, 2.45) is 0 Å². The predicted molar refractivity (Wildman–Crippen MR) is 117 cm³/mol. The maximum atomic E-state index is 9.33. The van der Waals surface area contributed by atoms with Crippen molar-refractivity contribution in [3.05, 3.63) is 107 Å². The number of aromatic hydroxyl groups is 1. The van der Waals surface area contributed by atoms with Gasteiger partial charge in [0, 0.05) is 5.41 Å². The zero-order valence-electron chi connectivity index (χ0n) is 17.1. The van der Waals surface area contributed by atoms with Gasteiger partial charge in [-0.15, -0.1) is 0 Å². The highest BCUT2D eigenvalue weighted by molar-refractivity contribution is 5.61. The quantitative estimate of drug-likeness (QED) is 0.531. The number of allylic oxidation sites excluding steroid dienone is 1. The van der Waals surface area contributed by atoms with Crippen molar-refractivity contribution in [3.8, 4) is 5.75 Å². The number of rotatable bonds is 3. The van der Waals surface area contributed by atoms with Gasteiger partial charge in [0.25, 0.3) is 0 Å². The van der Waals surface area contributed by atoms with Crippen LogP contribution in [0.5, 0.6) is 5.75 Å². The number of aryl methyl sites for hydroxylation is 2. The topological polar surface area (TPSA) is 20.2 Å². The largest absolute Gasteiger partial charge is 0.508 e. The normalized spacial score (nSPS) is 10.7. The van der Waals surface area contributed by atoms with Crippen LogP contribution in [0.3, 0.4) is 0 Å². The Labute approximate surface area is 164 Å². The van der Waals surface area contributed by atoms with E-state index >= 15 is 0 Å². The zero-order valence-corrected chi connectivity index (χ0v) is 17.1. The smallest absolute Gasteiger partial charge is 0.115 e. The molecule has 0 bridgehead atoms. The lowest BCUT2D eigenvalue weighted by Crippen LogP contribution is -2.18. The van der Waals surface area contributed by atoms with E-state index in [1.165, 1.54) is 27.8 Å². The van der Waals surface area contributed by atoms with Crippen LogP contribution in [-0.2, 0) is 5.41 Å². The van der Waals surface area contributed by atoms with Gasteiger partial charge in [0.1, 0.15) is 5.75 Å². The van der Waals surface area contributed by atoms with Crippen LogP contribution in [-0.4, -0.2) is 5.11 Å². The molecule has 1 heteroatoms. The second-order valence-corrected chi connectivity index (χ2v) is 7.68. The number of phenolic OH excluding ortho intramolecular Hbond substituents is 1. The maximum absolute atomic E-state index is 9.33. The van der Waals surface area contributed by atoms with Crippen LogP contribution in [0.1, 0.15) is 48.6 Å². The summed E-state index contributed by atoms with van der Waals surface area (Å²) in [5.74, 6) is 0.313. The number of hydrogen-bond donors (Lipinski definition) is 1. The van der Waals surface area contributed by atoms with E-state index < -0.39 is 0 Å². The van der Waals surface area contributed by atoms with E-state index in [0.717, 1.165) is 5.57 Å². The summed E-state index contributed by atoms with van der Waals surface area (Å²) in [4.78, 5) is 0. The SMILES string of the molecule is C=C(C)c1ccc(C)cc1.Cc1ccc(C(C)(C)c2ccc(O)cc2)cc1. The Bertz CT molecular complexity index is 820. The van der Waals surface area contributed by atoms with Crippen molar-refractivity contribution < 1.29 is 5.11 Å². The van der Waals surface area contributed by atoms with Crippen molar-refractivity contribution in [2.45, 2.75) is 40.0 Å². The minimum absolute atomic E-state index is 0.0403. The molecule has 0 aliphatic carbocycles. The Kier molecular flexibility index (Phi) is 6.63. The highest BCUT2D eigenvalue weighted by Crippen LogP contribution is 2.32. The van der Waals surface area contributed by atoms with Crippen LogP contribution < -0.4 is 0 Å². The van der Waals surface area contributed by atoms with Gasteiger partial charge in [-0.25, -0.2) is 0 Å².